The molecule has 8 atom stereocenters. The molecular weight excluding hydrogens is 961 g/mol. The predicted molar refractivity (Wildman–Crippen MR) is 261 cm³/mol. The van der Waals surface area contributed by atoms with Gasteiger partial charge >= 0.3 is 35.4 Å². The van der Waals surface area contributed by atoms with E-state index in [4.69, 9.17) is 18.5 Å². The quantitative estimate of drug-likeness (QED) is 0.0122. The molecule has 5 unspecified atom stereocenters. The van der Waals surface area contributed by atoms with Crippen LogP contribution in [0.2, 0.25) is 0 Å². The summed E-state index contributed by atoms with van der Waals surface area (Å²) in [7, 11) is -16.6. The van der Waals surface area contributed by atoms with Gasteiger partial charge in [0.05, 0.1) is 6.61 Å². The number of ether oxygens (including phenoxy) is 2. The van der Waals surface area contributed by atoms with Crippen molar-refractivity contribution in [2.24, 2.45) is 0 Å². The fourth-order valence-corrected chi connectivity index (χ4v) is 9.96. The zero-order valence-electron chi connectivity index (χ0n) is 41.4. The normalized spacial score (nSPS) is 21.5. The fourth-order valence-electron chi connectivity index (χ4n) is 7.87. The molecule has 0 aromatic carbocycles. The van der Waals surface area contributed by atoms with Gasteiger partial charge in [-0.2, -0.15) is 0 Å². The Bertz CT molecular complexity index is 1540. The van der Waals surface area contributed by atoms with E-state index in [9.17, 15) is 63.1 Å². The van der Waals surface area contributed by atoms with Crippen molar-refractivity contribution >= 4 is 35.4 Å². The Labute approximate surface area is 411 Å². The fraction of sp³-hybridized carbons (Fsp3) is 0.872. The molecule has 1 rings (SSSR count). The van der Waals surface area contributed by atoms with Crippen LogP contribution in [0.25, 0.3) is 0 Å². The SMILES string of the molecule is CCCCCCCCC=CCCCCCCCCCC(=O)OC[C@H](COP(=O)(O)O[C@H]1C(O)C(O)C(OP(=O)(O)O)[C@@H](OP(=O)(O)O)C1O)OC(=O)CCCCCCCC=CCCCCCCCC. The Hall–Kier alpha value is -1.37. The molecule has 22 heteroatoms. The predicted octanol–water partition coefficient (Wildman–Crippen LogP) is 9.85. The van der Waals surface area contributed by atoms with E-state index >= 15 is 0 Å². The summed E-state index contributed by atoms with van der Waals surface area (Å²) in [4.78, 5) is 73.3. The second kappa shape index (κ2) is 39.1. The molecule has 0 radical (unpaired) electrons. The van der Waals surface area contributed by atoms with Gasteiger partial charge in [-0.05, 0) is 64.2 Å². The van der Waals surface area contributed by atoms with Gasteiger partial charge in [0.1, 0.15) is 43.2 Å². The number of esters is 2. The first kappa shape index (κ1) is 65.6. The van der Waals surface area contributed by atoms with Gasteiger partial charge in [-0.3, -0.25) is 27.7 Å². The Kier molecular flexibility index (Phi) is 37.2. The Balaban J connectivity index is 2.69. The minimum atomic E-state index is -5.60. The summed E-state index contributed by atoms with van der Waals surface area (Å²) in [6.45, 7) is 2.95. The lowest BCUT2D eigenvalue weighted by molar-refractivity contribution is -0.213. The van der Waals surface area contributed by atoms with Gasteiger partial charge in [-0.15, -0.1) is 0 Å². The highest BCUT2D eigenvalue weighted by Gasteiger charge is 2.56. The number of allylic oxidation sites excluding steroid dienone is 4. The highest BCUT2D eigenvalue weighted by molar-refractivity contribution is 7.47. The van der Waals surface area contributed by atoms with Crippen molar-refractivity contribution in [3.8, 4) is 0 Å². The van der Waals surface area contributed by atoms with Crippen LogP contribution in [0.3, 0.4) is 0 Å². The van der Waals surface area contributed by atoms with Crippen LogP contribution in [0.1, 0.15) is 206 Å². The molecule has 69 heavy (non-hydrogen) atoms. The first-order valence-corrected chi connectivity index (χ1v) is 30.2. The van der Waals surface area contributed by atoms with E-state index in [1.807, 2.05) is 0 Å². The average molecular weight is 1050 g/mol. The Morgan fingerprint density at radius 1 is 0.449 bits per heavy atom. The highest BCUT2D eigenvalue weighted by atomic mass is 31.2. The molecule has 8 N–H and O–H groups in total. The minimum absolute atomic E-state index is 0.0109. The molecule has 0 bridgehead atoms. The number of phosphoric acid groups is 3. The second-order valence-electron chi connectivity index (χ2n) is 18.1. The largest absolute Gasteiger partial charge is 0.472 e. The minimum Gasteiger partial charge on any atom is -0.462 e. The zero-order chi connectivity index (χ0) is 51.4. The maximum Gasteiger partial charge on any atom is 0.472 e. The monoisotopic (exact) mass is 1050 g/mol. The van der Waals surface area contributed by atoms with E-state index in [2.05, 4.69) is 47.2 Å². The maximum absolute atomic E-state index is 13.1. The van der Waals surface area contributed by atoms with Gasteiger partial charge in [-0.1, -0.05) is 154 Å². The molecule has 406 valence electrons. The highest BCUT2D eigenvalue weighted by Crippen LogP contribution is 2.51. The topological polar surface area (TPSA) is 303 Å². The first-order valence-electron chi connectivity index (χ1n) is 25.6. The molecule has 1 fully saturated rings. The number of rotatable bonds is 44. The van der Waals surface area contributed by atoms with Crippen molar-refractivity contribution < 1.29 is 90.6 Å². The van der Waals surface area contributed by atoms with Crippen LogP contribution in [0.4, 0.5) is 0 Å². The van der Waals surface area contributed by atoms with Crippen LogP contribution in [-0.4, -0.2) is 108 Å². The lowest BCUT2D eigenvalue weighted by Gasteiger charge is -2.44. The standard InChI is InChI=1S/C47H89O19P3/c1-3-5-7-9-11-13-15-17-19-20-22-23-25-27-29-31-33-35-40(48)61-37-39(63-41(49)36-34-32-30-28-26-24-21-18-16-14-12-10-8-6-4-2)38-62-69(59,60)66-45-42(50)43(51)46(64-67(53,54)55)47(44(45)52)65-68(56,57)58/h17-19,21,39,42-47,50-52H,3-16,20,22-38H2,1-2H3,(H,59,60)(H2,53,54,55)(H2,56,57,58)/t39-,42?,43?,44?,45+,46?,47+/m1/s1. The van der Waals surface area contributed by atoms with Gasteiger partial charge < -0.3 is 49.3 Å². The number of aliphatic hydroxyl groups excluding tert-OH is 3. The maximum atomic E-state index is 13.1. The van der Waals surface area contributed by atoms with Crippen molar-refractivity contribution in [1.29, 1.82) is 0 Å². The van der Waals surface area contributed by atoms with Crippen LogP contribution in [0, 0.1) is 0 Å². The van der Waals surface area contributed by atoms with Crippen LogP contribution in [-0.2, 0) is 50.9 Å². The number of carbonyl (C=O) groups excluding carboxylic acids is 2. The van der Waals surface area contributed by atoms with Crippen LogP contribution >= 0.6 is 23.5 Å². The molecule has 0 spiro atoms. The van der Waals surface area contributed by atoms with E-state index < -0.39 is 91.3 Å². The second-order valence-corrected chi connectivity index (χ2v) is 21.9. The van der Waals surface area contributed by atoms with Crippen molar-refractivity contribution in [2.45, 2.75) is 249 Å². The summed E-state index contributed by atoms with van der Waals surface area (Å²) >= 11 is 0. The molecule has 0 amide bonds. The number of aliphatic hydroxyl groups is 3. The summed E-state index contributed by atoms with van der Waals surface area (Å²) < 4.78 is 65.6. The molecule has 0 aliphatic heterocycles. The number of unbranched alkanes of at least 4 members (excludes halogenated alkanes) is 24. The van der Waals surface area contributed by atoms with Crippen LogP contribution in [0.5, 0.6) is 0 Å². The molecule has 0 saturated heterocycles. The lowest BCUT2D eigenvalue weighted by Crippen LogP contribution is -2.65. The molecule has 1 aliphatic rings. The van der Waals surface area contributed by atoms with Crippen LogP contribution < -0.4 is 0 Å². The molecular formula is C47H89O19P3. The van der Waals surface area contributed by atoms with Crippen molar-refractivity contribution in [3.63, 3.8) is 0 Å². The van der Waals surface area contributed by atoms with E-state index in [0.29, 0.717) is 12.8 Å². The summed E-state index contributed by atoms with van der Waals surface area (Å²) in [5, 5.41) is 31.9. The van der Waals surface area contributed by atoms with Crippen molar-refractivity contribution in [3.05, 3.63) is 24.3 Å². The third-order valence-corrected chi connectivity index (χ3v) is 13.8. The zero-order valence-corrected chi connectivity index (χ0v) is 44.1. The van der Waals surface area contributed by atoms with Gasteiger partial charge in [-0.25, -0.2) is 13.7 Å². The summed E-state index contributed by atoms with van der Waals surface area (Å²) in [6, 6.07) is 0. The lowest BCUT2D eigenvalue weighted by atomic mass is 9.85. The number of phosphoric ester groups is 3. The average Bonchev–Trinajstić information content (AvgIpc) is 3.28. The van der Waals surface area contributed by atoms with E-state index in [1.165, 1.54) is 77.0 Å². The number of carbonyl (C=O) groups is 2. The smallest absolute Gasteiger partial charge is 0.462 e. The molecule has 0 aromatic heterocycles. The van der Waals surface area contributed by atoms with Gasteiger partial charge in [0.15, 0.2) is 6.10 Å². The molecule has 0 heterocycles. The number of hydrogen-bond donors (Lipinski definition) is 8. The Morgan fingerprint density at radius 2 is 0.797 bits per heavy atom. The Morgan fingerprint density at radius 3 is 1.20 bits per heavy atom. The van der Waals surface area contributed by atoms with E-state index in [0.717, 1.165) is 89.9 Å². The molecule has 0 aromatic rings. The van der Waals surface area contributed by atoms with Crippen LogP contribution in [0.15, 0.2) is 24.3 Å². The molecule has 19 nitrogen and oxygen atoms in total. The molecule has 1 saturated carbocycles. The third-order valence-electron chi connectivity index (χ3n) is 11.7. The van der Waals surface area contributed by atoms with Gasteiger partial charge in [0, 0.05) is 12.8 Å². The molecule has 1 aliphatic carbocycles. The third kappa shape index (κ3) is 35.4. The van der Waals surface area contributed by atoms with Gasteiger partial charge in [0.2, 0.25) is 0 Å². The number of hydrogen-bond acceptors (Lipinski definition) is 14. The summed E-state index contributed by atoms with van der Waals surface area (Å²) in [5.41, 5.74) is 0. The summed E-state index contributed by atoms with van der Waals surface area (Å²) in [6.07, 6.45) is 23.2. The van der Waals surface area contributed by atoms with Gasteiger partial charge in [0.25, 0.3) is 0 Å². The summed E-state index contributed by atoms with van der Waals surface area (Å²) in [5.74, 6) is -1.31. The van der Waals surface area contributed by atoms with Crippen molar-refractivity contribution in [2.75, 3.05) is 13.2 Å². The first-order chi connectivity index (χ1) is 32.8. The van der Waals surface area contributed by atoms with Crippen molar-refractivity contribution in [1.82, 2.24) is 0 Å². The van der Waals surface area contributed by atoms with E-state index in [-0.39, 0.29) is 12.8 Å². The van der Waals surface area contributed by atoms with E-state index in [1.54, 1.807) is 0 Å².